The predicted octanol–water partition coefficient (Wildman–Crippen LogP) is 6.40. The number of carbonyl (C=O) groups is 1. The maximum absolute atomic E-state index is 12.2. The number of unbranched alkanes of at least 4 members (excludes halogenated alkanes) is 3. The van der Waals surface area contributed by atoms with Crippen LogP contribution in [-0.4, -0.2) is 47.7 Å². The van der Waals surface area contributed by atoms with E-state index in [2.05, 4.69) is 16.0 Å². The molecule has 1 aromatic carbocycles. The largest absolute Gasteiger partial charge is 0.494 e. The molecule has 3 heterocycles. The van der Waals surface area contributed by atoms with E-state index in [1.807, 2.05) is 24.3 Å². The van der Waals surface area contributed by atoms with Crippen molar-refractivity contribution in [2.45, 2.75) is 102 Å². The molecule has 1 aromatic heterocycles. The molecule has 38 heavy (non-hydrogen) atoms. The second kappa shape index (κ2) is 13.8. The number of carbonyl (C=O) groups excluding carboxylic acids is 1. The van der Waals surface area contributed by atoms with Gasteiger partial charge in [0.2, 0.25) is 5.95 Å². The lowest BCUT2D eigenvalue weighted by Crippen LogP contribution is -2.27. The fourth-order valence-electron chi connectivity index (χ4n) is 5.65. The molecule has 5 rings (SSSR count). The lowest BCUT2D eigenvalue weighted by atomic mass is 9.95. The minimum atomic E-state index is -0.143. The average molecular weight is 522 g/mol. The van der Waals surface area contributed by atoms with Gasteiger partial charge in [0, 0.05) is 36.9 Å². The summed E-state index contributed by atoms with van der Waals surface area (Å²) in [6, 6.07) is 8.49. The molecule has 0 bridgehead atoms. The molecule has 2 aromatic rings. The Hall–Kier alpha value is -2.87. The summed E-state index contributed by atoms with van der Waals surface area (Å²) in [6.45, 7) is 2.33. The van der Waals surface area contributed by atoms with Gasteiger partial charge in [0.1, 0.15) is 23.5 Å². The Morgan fingerprint density at radius 3 is 2.61 bits per heavy atom. The maximum atomic E-state index is 12.2. The molecule has 2 fully saturated rings. The highest BCUT2D eigenvalue weighted by Gasteiger charge is 2.23. The van der Waals surface area contributed by atoms with E-state index in [0.29, 0.717) is 25.0 Å². The molecule has 2 aliphatic heterocycles. The number of nitrogens with one attached hydrogen (secondary N) is 3. The van der Waals surface area contributed by atoms with Crippen molar-refractivity contribution in [3.63, 3.8) is 0 Å². The molecule has 8 nitrogen and oxygen atoms in total. The third-order valence-corrected chi connectivity index (χ3v) is 7.86. The predicted molar refractivity (Wildman–Crippen MR) is 152 cm³/mol. The van der Waals surface area contributed by atoms with Gasteiger partial charge in [-0.3, -0.25) is 4.79 Å². The Bertz CT molecular complexity index is 1030. The molecule has 0 radical (unpaired) electrons. The second-order valence-electron chi connectivity index (χ2n) is 10.9. The molecule has 206 valence electrons. The highest BCUT2D eigenvalue weighted by molar-refractivity contribution is 5.83. The minimum Gasteiger partial charge on any atom is -0.494 e. The number of ether oxygens (including phenoxy) is 2. The summed E-state index contributed by atoms with van der Waals surface area (Å²) in [4.78, 5) is 21.8. The maximum Gasteiger partial charge on any atom is 0.231 e. The Balaban J connectivity index is 1.03. The summed E-state index contributed by atoms with van der Waals surface area (Å²) in [5.41, 5.74) is 2.14. The quantitative estimate of drug-likeness (QED) is 0.261. The summed E-state index contributed by atoms with van der Waals surface area (Å²) in [5, 5.41) is 10.5. The number of Topliss-reactive ketones (excluding diaryl/α,β-unsaturated/α-hetero) is 1. The van der Waals surface area contributed by atoms with Crippen LogP contribution in [-0.2, 0) is 16.0 Å². The summed E-state index contributed by atoms with van der Waals surface area (Å²) in [6.07, 6.45) is 15.0. The van der Waals surface area contributed by atoms with Crippen LogP contribution in [0.1, 0.15) is 89.0 Å². The van der Waals surface area contributed by atoms with Gasteiger partial charge in [-0.25, -0.2) is 0 Å². The zero-order valence-electron chi connectivity index (χ0n) is 22.6. The smallest absolute Gasteiger partial charge is 0.231 e. The van der Waals surface area contributed by atoms with Gasteiger partial charge in [0.15, 0.2) is 5.78 Å². The monoisotopic (exact) mass is 521 g/mol. The normalized spacial score (nSPS) is 19.4. The number of hydrogen-bond acceptors (Lipinski definition) is 8. The van der Waals surface area contributed by atoms with Crippen LogP contribution < -0.4 is 20.7 Å². The molecule has 3 N–H and O–H groups in total. The van der Waals surface area contributed by atoms with Crippen molar-refractivity contribution in [1.82, 2.24) is 9.97 Å². The Kier molecular flexibility index (Phi) is 9.70. The summed E-state index contributed by atoms with van der Waals surface area (Å²) >= 11 is 0. The van der Waals surface area contributed by atoms with E-state index in [1.54, 1.807) is 0 Å². The van der Waals surface area contributed by atoms with Crippen molar-refractivity contribution in [2.75, 3.05) is 35.7 Å². The first-order valence-corrected chi connectivity index (χ1v) is 14.8. The van der Waals surface area contributed by atoms with Crippen molar-refractivity contribution < 1.29 is 14.3 Å². The fraction of sp³-hybridized carbons (Fsp3) is 0.633. The van der Waals surface area contributed by atoms with Crippen molar-refractivity contribution >= 4 is 29.1 Å². The van der Waals surface area contributed by atoms with Gasteiger partial charge in [0.25, 0.3) is 0 Å². The molecule has 0 spiro atoms. The number of fused-ring (bicyclic) bond motifs is 1. The number of hydrogen-bond donors (Lipinski definition) is 3. The lowest BCUT2D eigenvalue weighted by molar-refractivity contribution is -0.133. The van der Waals surface area contributed by atoms with E-state index in [0.717, 1.165) is 87.6 Å². The number of rotatable bonds is 13. The first kappa shape index (κ1) is 26.7. The van der Waals surface area contributed by atoms with Gasteiger partial charge in [-0.2, -0.15) is 9.97 Å². The highest BCUT2D eigenvalue weighted by atomic mass is 16.5. The van der Waals surface area contributed by atoms with Crippen LogP contribution in [0.3, 0.4) is 0 Å². The molecule has 1 saturated carbocycles. The molecule has 1 aliphatic carbocycles. The van der Waals surface area contributed by atoms with Gasteiger partial charge < -0.3 is 25.4 Å². The number of aromatic nitrogens is 2. The fourth-order valence-corrected chi connectivity index (χ4v) is 5.65. The zero-order chi connectivity index (χ0) is 26.0. The van der Waals surface area contributed by atoms with Gasteiger partial charge in [-0.1, -0.05) is 32.1 Å². The van der Waals surface area contributed by atoms with Crippen molar-refractivity contribution in [3.8, 4) is 5.75 Å². The van der Waals surface area contributed by atoms with Gasteiger partial charge in [-0.15, -0.1) is 0 Å². The molecule has 0 amide bonds. The van der Waals surface area contributed by atoms with Crippen LogP contribution in [0.2, 0.25) is 0 Å². The first-order valence-electron chi connectivity index (χ1n) is 14.8. The van der Waals surface area contributed by atoms with Crippen molar-refractivity contribution in [3.05, 3.63) is 29.8 Å². The average Bonchev–Trinajstić information content (AvgIpc) is 3.43. The van der Waals surface area contributed by atoms with E-state index in [4.69, 9.17) is 19.4 Å². The Morgan fingerprint density at radius 2 is 1.79 bits per heavy atom. The first-order chi connectivity index (χ1) is 18.7. The van der Waals surface area contributed by atoms with Gasteiger partial charge in [0.05, 0.1) is 6.61 Å². The SMILES string of the molecule is O=C(CCCCCCOc1ccc(Nc2nc3c(c(NC4CCCCC4)n2)CCN3)cc1)C1CCCCO1. The van der Waals surface area contributed by atoms with Crippen LogP contribution in [0, 0.1) is 0 Å². The third kappa shape index (κ3) is 7.59. The van der Waals surface area contributed by atoms with E-state index in [1.165, 1.54) is 37.7 Å². The van der Waals surface area contributed by atoms with Crippen LogP contribution in [0.25, 0.3) is 0 Å². The number of ketones is 1. The summed E-state index contributed by atoms with van der Waals surface area (Å²) < 4.78 is 11.5. The molecule has 3 aliphatic rings. The molecular formula is C30H43N5O3. The van der Waals surface area contributed by atoms with Gasteiger partial charge >= 0.3 is 0 Å². The molecule has 1 atom stereocenters. The van der Waals surface area contributed by atoms with E-state index >= 15 is 0 Å². The van der Waals surface area contributed by atoms with E-state index < -0.39 is 0 Å². The van der Waals surface area contributed by atoms with Crippen LogP contribution in [0.5, 0.6) is 5.75 Å². The van der Waals surface area contributed by atoms with Crippen LogP contribution in [0.15, 0.2) is 24.3 Å². The zero-order valence-corrected chi connectivity index (χ0v) is 22.6. The number of benzene rings is 1. The minimum absolute atomic E-state index is 0.143. The second-order valence-corrected chi connectivity index (χ2v) is 10.9. The lowest BCUT2D eigenvalue weighted by Gasteiger charge is -2.24. The molecule has 1 saturated heterocycles. The van der Waals surface area contributed by atoms with Crippen molar-refractivity contribution in [2.24, 2.45) is 0 Å². The van der Waals surface area contributed by atoms with Gasteiger partial charge in [-0.05, 0) is 75.6 Å². The summed E-state index contributed by atoms with van der Waals surface area (Å²) in [5.74, 6) is 3.66. The topological polar surface area (TPSA) is 97.4 Å². The number of nitrogens with zero attached hydrogens (tertiary/aromatic N) is 2. The standard InChI is InChI=1S/C30H43N5O3/c36-26(27-13-7-9-21-38-27)12-6-1-2-8-20-37-24-16-14-23(15-17-24)33-30-34-28-25(18-19-31-28)29(35-30)32-22-10-4-3-5-11-22/h14-17,22,27H,1-13,18-21H2,(H3,31,32,33,34,35). The van der Waals surface area contributed by atoms with E-state index in [9.17, 15) is 4.79 Å². The van der Waals surface area contributed by atoms with Crippen LogP contribution in [0.4, 0.5) is 23.3 Å². The molecule has 1 unspecified atom stereocenters. The Labute approximate surface area is 226 Å². The van der Waals surface area contributed by atoms with Crippen LogP contribution >= 0.6 is 0 Å². The third-order valence-electron chi connectivity index (χ3n) is 7.86. The highest BCUT2D eigenvalue weighted by Crippen LogP contribution is 2.31. The molecule has 8 heteroatoms. The molecular weight excluding hydrogens is 478 g/mol. The number of anilines is 4. The van der Waals surface area contributed by atoms with E-state index in [-0.39, 0.29) is 11.9 Å². The summed E-state index contributed by atoms with van der Waals surface area (Å²) in [7, 11) is 0. The van der Waals surface area contributed by atoms with Crippen molar-refractivity contribution in [1.29, 1.82) is 0 Å². The Morgan fingerprint density at radius 1 is 0.974 bits per heavy atom.